The zero-order valence-electron chi connectivity index (χ0n) is 17.4. The van der Waals surface area contributed by atoms with Crippen molar-refractivity contribution in [3.63, 3.8) is 0 Å². The Bertz CT molecular complexity index is 1220. The molecule has 0 unspecified atom stereocenters. The van der Waals surface area contributed by atoms with Gasteiger partial charge >= 0.3 is 0 Å². The minimum absolute atomic E-state index is 0.0592. The van der Waals surface area contributed by atoms with Crippen LogP contribution in [0, 0.1) is 11.3 Å². The van der Waals surface area contributed by atoms with E-state index in [1.807, 2.05) is 30.3 Å². The molecule has 5 nitrogen and oxygen atoms in total. The third kappa shape index (κ3) is 3.84. The number of nitrogens with zero attached hydrogens (tertiary/aromatic N) is 4. The quantitative estimate of drug-likeness (QED) is 0.486. The van der Waals surface area contributed by atoms with Crippen molar-refractivity contribution in [2.45, 2.75) is 38.4 Å². The molecule has 2 aromatic carbocycles. The van der Waals surface area contributed by atoms with Gasteiger partial charge in [0.25, 0.3) is 0 Å². The van der Waals surface area contributed by atoms with Gasteiger partial charge in [-0.25, -0.2) is 0 Å². The molecule has 31 heavy (non-hydrogen) atoms. The van der Waals surface area contributed by atoms with Crippen LogP contribution in [0.15, 0.2) is 58.1 Å². The fourth-order valence-electron chi connectivity index (χ4n) is 4.65. The average molecular weight is 475 g/mol. The van der Waals surface area contributed by atoms with Crippen LogP contribution in [0.5, 0.6) is 0 Å². The predicted octanol–water partition coefficient (Wildman–Crippen LogP) is 5.57. The highest BCUT2D eigenvalue weighted by molar-refractivity contribution is 9.10. The van der Waals surface area contributed by atoms with Gasteiger partial charge in [0.1, 0.15) is 12.2 Å². The molecule has 6 heteroatoms. The molecule has 3 aromatic rings. The summed E-state index contributed by atoms with van der Waals surface area (Å²) in [4.78, 5) is 11.9. The van der Waals surface area contributed by atoms with Crippen molar-refractivity contribution in [3.8, 4) is 6.07 Å². The van der Waals surface area contributed by atoms with Crippen molar-refractivity contribution in [2.24, 2.45) is 4.99 Å². The lowest BCUT2D eigenvalue weighted by Crippen LogP contribution is -2.49. The summed E-state index contributed by atoms with van der Waals surface area (Å²) in [5.74, 6) is 0. The fourth-order valence-corrected chi connectivity index (χ4v) is 5.20. The molecule has 0 saturated carbocycles. The second-order valence-corrected chi connectivity index (χ2v) is 9.03. The third-order valence-electron chi connectivity index (χ3n) is 6.06. The SMILES string of the molecule is C[C@@H]1CN(c2ccc(C#N)c3ncccc23)C[C@H](C2=Nc3cccc(Br)c3CCC2)O1. The molecule has 0 spiro atoms. The third-order valence-corrected chi connectivity index (χ3v) is 6.80. The number of hydrogen-bond donors (Lipinski definition) is 0. The first kappa shape index (κ1) is 20.2. The first-order valence-electron chi connectivity index (χ1n) is 10.7. The number of hydrogen-bond acceptors (Lipinski definition) is 5. The van der Waals surface area contributed by atoms with E-state index in [1.165, 1.54) is 5.56 Å². The van der Waals surface area contributed by atoms with Gasteiger partial charge in [0, 0.05) is 40.5 Å². The van der Waals surface area contributed by atoms with Crippen LogP contribution in [-0.4, -0.2) is 36.0 Å². The molecule has 1 aromatic heterocycles. The minimum Gasteiger partial charge on any atom is -0.366 e. The van der Waals surface area contributed by atoms with Gasteiger partial charge < -0.3 is 9.64 Å². The van der Waals surface area contributed by atoms with Gasteiger partial charge in [-0.3, -0.25) is 9.98 Å². The van der Waals surface area contributed by atoms with Crippen molar-refractivity contribution in [3.05, 3.63) is 64.3 Å². The molecule has 1 saturated heterocycles. The summed E-state index contributed by atoms with van der Waals surface area (Å²) < 4.78 is 7.51. The van der Waals surface area contributed by atoms with Crippen molar-refractivity contribution in [1.29, 1.82) is 5.26 Å². The fraction of sp³-hybridized carbons (Fsp3) is 0.320. The predicted molar refractivity (Wildman–Crippen MR) is 127 cm³/mol. The van der Waals surface area contributed by atoms with E-state index < -0.39 is 0 Å². The Morgan fingerprint density at radius 2 is 2.03 bits per heavy atom. The van der Waals surface area contributed by atoms with Crippen LogP contribution < -0.4 is 4.90 Å². The summed E-state index contributed by atoms with van der Waals surface area (Å²) in [6.45, 7) is 3.65. The van der Waals surface area contributed by atoms with Gasteiger partial charge in [-0.15, -0.1) is 0 Å². The van der Waals surface area contributed by atoms with E-state index in [0.29, 0.717) is 5.56 Å². The monoisotopic (exact) mass is 474 g/mol. The molecule has 0 radical (unpaired) electrons. The maximum absolute atomic E-state index is 9.47. The number of aliphatic imine (C=N–C) groups is 1. The summed E-state index contributed by atoms with van der Waals surface area (Å²) in [6.07, 6.45) is 4.77. The van der Waals surface area contributed by atoms with E-state index in [9.17, 15) is 5.26 Å². The van der Waals surface area contributed by atoms with Crippen LogP contribution in [0.1, 0.15) is 30.9 Å². The van der Waals surface area contributed by atoms with Crippen LogP contribution >= 0.6 is 15.9 Å². The van der Waals surface area contributed by atoms with Crippen molar-refractivity contribution in [2.75, 3.05) is 18.0 Å². The highest BCUT2D eigenvalue weighted by Gasteiger charge is 2.31. The topological polar surface area (TPSA) is 61.5 Å². The lowest BCUT2D eigenvalue weighted by atomic mass is 10.0. The van der Waals surface area contributed by atoms with Crippen LogP contribution in [0.25, 0.3) is 10.9 Å². The zero-order valence-corrected chi connectivity index (χ0v) is 19.0. The number of rotatable bonds is 2. The maximum Gasteiger partial charge on any atom is 0.113 e. The lowest BCUT2D eigenvalue weighted by Gasteiger charge is -2.39. The normalized spacial score (nSPS) is 21.2. The molecule has 2 aliphatic heterocycles. The second-order valence-electron chi connectivity index (χ2n) is 8.18. The molecule has 5 rings (SSSR count). The zero-order chi connectivity index (χ0) is 21.4. The largest absolute Gasteiger partial charge is 0.366 e. The average Bonchev–Trinajstić information content (AvgIpc) is 3.01. The summed E-state index contributed by atoms with van der Waals surface area (Å²) in [6, 6.07) is 16.4. The molecular formula is C25H23BrN4O. The van der Waals surface area contributed by atoms with E-state index in [4.69, 9.17) is 9.73 Å². The summed E-state index contributed by atoms with van der Waals surface area (Å²) in [5.41, 5.74) is 5.89. The van der Waals surface area contributed by atoms with E-state index in [1.54, 1.807) is 6.20 Å². The first-order valence-corrected chi connectivity index (χ1v) is 11.5. The van der Waals surface area contributed by atoms with E-state index in [-0.39, 0.29) is 12.2 Å². The van der Waals surface area contributed by atoms with Gasteiger partial charge in [-0.1, -0.05) is 22.0 Å². The Labute approximate surface area is 190 Å². The Kier molecular flexibility index (Phi) is 5.47. The van der Waals surface area contributed by atoms with Crippen LogP contribution in [0.3, 0.4) is 0 Å². The minimum atomic E-state index is -0.0592. The van der Waals surface area contributed by atoms with E-state index in [2.05, 4.69) is 50.9 Å². The molecule has 0 bridgehead atoms. The Morgan fingerprint density at radius 3 is 2.90 bits per heavy atom. The van der Waals surface area contributed by atoms with Gasteiger partial charge in [-0.2, -0.15) is 5.26 Å². The number of aromatic nitrogens is 1. The van der Waals surface area contributed by atoms with Gasteiger partial charge in [0.05, 0.1) is 22.9 Å². The van der Waals surface area contributed by atoms with Crippen LogP contribution in [0.2, 0.25) is 0 Å². The molecule has 0 aliphatic carbocycles. The molecule has 2 aliphatic rings. The molecule has 156 valence electrons. The van der Waals surface area contributed by atoms with E-state index >= 15 is 0 Å². The highest BCUT2D eigenvalue weighted by atomic mass is 79.9. The summed E-state index contributed by atoms with van der Waals surface area (Å²) >= 11 is 3.68. The number of pyridine rings is 1. The van der Waals surface area contributed by atoms with Crippen molar-refractivity contribution < 1.29 is 4.74 Å². The van der Waals surface area contributed by atoms with Gasteiger partial charge in [0.15, 0.2) is 0 Å². The molecular weight excluding hydrogens is 452 g/mol. The number of halogens is 1. The number of benzene rings is 2. The maximum atomic E-state index is 9.47. The standard InChI is InChI=1S/C25H23BrN4O/c1-16-14-30(23-11-10-17(13-27)25-19(23)6-4-12-28-25)15-24(31-16)22-9-2-5-18-20(26)7-3-8-21(18)29-22/h3-4,6-8,10-12,16,24H,2,5,9,14-15H2,1H3/t16-,24-/m1/s1. The van der Waals surface area contributed by atoms with E-state index in [0.717, 1.165) is 64.8 Å². The van der Waals surface area contributed by atoms with Gasteiger partial charge in [-0.05, 0) is 68.1 Å². The smallest absolute Gasteiger partial charge is 0.113 e. The summed E-state index contributed by atoms with van der Waals surface area (Å²) in [5, 5.41) is 10.5. The Hall–Kier alpha value is -2.75. The molecule has 1 fully saturated rings. The van der Waals surface area contributed by atoms with Crippen LogP contribution in [0.4, 0.5) is 11.4 Å². The van der Waals surface area contributed by atoms with Crippen LogP contribution in [-0.2, 0) is 11.2 Å². The number of anilines is 1. The lowest BCUT2D eigenvalue weighted by molar-refractivity contribution is 0.0196. The van der Waals surface area contributed by atoms with Crippen molar-refractivity contribution >= 4 is 43.9 Å². The molecule has 3 heterocycles. The Balaban J connectivity index is 1.51. The molecule has 0 amide bonds. The number of ether oxygens (including phenoxy) is 1. The van der Waals surface area contributed by atoms with Gasteiger partial charge in [0.2, 0.25) is 0 Å². The second kappa shape index (κ2) is 8.41. The number of fused-ring (bicyclic) bond motifs is 2. The Morgan fingerprint density at radius 1 is 1.13 bits per heavy atom. The number of morpholine rings is 1. The molecule has 0 N–H and O–H groups in total. The number of nitriles is 1. The summed E-state index contributed by atoms with van der Waals surface area (Å²) in [7, 11) is 0. The van der Waals surface area contributed by atoms with Crippen molar-refractivity contribution in [1.82, 2.24) is 4.98 Å². The highest BCUT2D eigenvalue weighted by Crippen LogP contribution is 2.34. The molecule has 2 atom stereocenters. The first-order chi connectivity index (χ1) is 15.1.